The van der Waals surface area contributed by atoms with Crippen LogP contribution >= 0.6 is 0 Å². The van der Waals surface area contributed by atoms with Gasteiger partial charge >= 0.3 is 5.97 Å². The molecule has 1 amide bonds. The molecular formula is C14H18N2O4. The van der Waals surface area contributed by atoms with E-state index < -0.39 is 23.3 Å². The Hall–Kier alpha value is -2.11. The molecule has 0 aliphatic heterocycles. The first kappa shape index (κ1) is 14.3. The molecule has 1 aromatic rings. The topological polar surface area (TPSA) is 99.3 Å². The van der Waals surface area contributed by atoms with E-state index >= 15 is 0 Å². The van der Waals surface area contributed by atoms with Gasteiger partial charge in [0.2, 0.25) is 0 Å². The van der Waals surface area contributed by atoms with Crippen molar-refractivity contribution in [1.82, 2.24) is 10.3 Å². The van der Waals surface area contributed by atoms with E-state index in [1.54, 1.807) is 0 Å². The lowest BCUT2D eigenvalue weighted by atomic mass is 9.84. The molecule has 1 saturated carbocycles. The van der Waals surface area contributed by atoms with E-state index in [-0.39, 0.29) is 11.5 Å². The van der Waals surface area contributed by atoms with Crippen LogP contribution < -0.4 is 10.7 Å². The molecule has 2 rings (SSSR count). The first-order chi connectivity index (χ1) is 9.59. The van der Waals surface area contributed by atoms with Gasteiger partial charge in [-0.25, -0.2) is 4.79 Å². The number of hydrogen-bond acceptors (Lipinski definition) is 3. The molecule has 1 unspecified atom stereocenters. The van der Waals surface area contributed by atoms with Gasteiger partial charge in [-0.3, -0.25) is 9.59 Å². The van der Waals surface area contributed by atoms with Gasteiger partial charge in [0.1, 0.15) is 11.6 Å². The summed E-state index contributed by atoms with van der Waals surface area (Å²) >= 11 is 0. The number of carboxylic acids is 1. The third kappa shape index (κ3) is 3.26. The van der Waals surface area contributed by atoms with Gasteiger partial charge in [-0.05, 0) is 18.8 Å². The number of pyridine rings is 1. The Morgan fingerprint density at radius 3 is 2.60 bits per heavy atom. The van der Waals surface area contributed by atoms with Gasteiger partial charge in [-0.1, -0.05) is 19.3 Å². The van der Waals surface area contributed by atoms with Crippen molar-refractivity contribution >= 4 is 11.9 Å². The fraction of sp³-hybridized carbons (Fsp3) is 0.500. The summed E-state index contributed by atoms with van der Waals surface area (Å²) in [6, 6.07) is 0.313. The number of carbonyl (C=O) groups is 2. The number of aromatic nitrogens is 1. The van der Waals surface area contributed by atoms with Gasteiger partial charge in [0.25, 0.3) is 5.91 Å². The summed E-state index contributed by atoms with van der Waals surface area (Å²) in [7, 11) is 0. The Morgan fingerprint density at radius 1 is 1.30 bits per heavy atom. The highest BCUT2D eigenvalue weighted by Gasteiger charge is 2.31. The summed E-state index contributed by atoms with van der Waals surface area (Å²) in [6.45, 7) is 0. The van der Waals surface area contributed by atoms with Crippen LogP contribution in [0.15, 0.2) is 23.3 Å². The molecule has 0 bridgehead atoms. The summed E-state index contributed by atoms with van der Waals surface area (Å²) in [4.78, 5) is 37.6. The average Bonchev–Trinajstić information content (AvgIpc) is 2.45. The molecule has 20 heavy (non-hydrogen) atoms. The number of aromatic amines is 1. The minimum Gasteiger partial charge on any atom is -0.480 e. The Bertz CT molecular complexity index is 546. The highest BCUT2D eigenvalue weighted by atomic mass is 16.4. The van der Waals surface area contributed by atoms with Crippen molar-refractivity contribution in [2.45, 2.75) is 38.1 Å². The number of H-pyrrole nitrogens is 1. The van der Waals surface area contributed by atoms with Crippen LogP contribution in [0.1, 0.15) is 42.5 Å². The lowest BCUT2D eigenvalue weighted by molar-refractivity contribution is -0.141. The zero-order chi connectivity index (χ0) is 14.5. The van der Waals surface area contributed by atoms with Crippen molar-refractivity contribution in [3.63, 3.8) is 0 Å². The molecule has 6 nitrogen and oxygen atoms in total. The second kappa shape index (κ2) is 6.36. The van der Waals surface area contributed by atoms with Gasteiger partial charge in [0.05, 0.1) is 0 Å². The zero-order valence-corrected chi connectivity index (χ0v) is 11.1. The third-order valence-corrected chi connectivity index (χ3v) is 3.74. The zero-order valence-electron chi connectivity index (χ0n) is 11.1. The smallest absolute Gasteiger partial charge is 0.326 e. The fourth-order valence-corrected chi connectivity index (χ4v) is 2.66. The number of carbonyl (C=O) groups excluding carboxylic acids is 1. The third-order valence-electron chi connectivity index (χ3n) is 3.74. The average molecular weight is 278 g/mol. The molecule has 108 valence electrons. The molecule has 6 heteroatoms. The summed E-state index contributed by atoms with van der Waals surface area (Å²) in [6.07, 6.45) is 7.37. The number of hydrogen-bond donors (Lipinski definition) is 3. The number of carboxylic acid groups (broad SMARTS) is 1. The van der Waals surface area contributed by atoms with Crippen LogP contribution in [0.4, 0.5) is 0 Å². The molecule has 1 aliphatic carbocycles. The van der Waals surface area contributed by atoms with Gasteiger partial charge in [-0.15, -0.1) is 0 Å². The van der Waals surface area contributed by atoms with E-state index in [0.717, 1.165) is 32.1 Å². The molecule has 3 N–H and O–H groups in total. The first-order valence-electron chi connectivity index (χ1n) is 6.80. The molecule has 1 heterocycles. The lowest BCUT2D eigenvalue weighted by Crippen LogP contribution is -2.47. The summed E-state index contributed by atoms with van der Waals surface area (Å²) < 4.78 is 0. The number of nitrogens with one attached hydrogen (secondary N) is 2. The molecule has 0 spiro atoms. The summed E-state index contributed by atoms with van der Waals surface area (Å²) in [5, 5.41) is 11.8. The van der Waals surface area contributed by atoms with Crippen molar-refractivity contribution in [3.8, 4) is 0 Å². The van der Waals surface area contributed by atoms with Crippen molar-refractivity contribution in [1.29, 1.82) is 0 Å². The number of rotatable bonds is 4. The maximum Gasteiger partial charge on any atom is 0.326 e. The van der Waals surface area contributed by atoms with Crippen LogP contribution in [0.2, 0.25) is 0 Å². The summed E-state index contributed by atoms with van der Waals surface area (Å²) in [5.41, 5.74) is -0.483. The lowest BCUT2D eigenvalue weighted by Gasteiger charge is -2.27. The SMILES string of the molecule is O=C(NC(C(=O)O)C1CCCCC1)c1c[nH]ccc1=O. The van der Waals surface area contributed by atoms with Crippen LogP contribution in [0.3, 0.4) is 0 Å². The summed E-state index contributed by atoms with van der Waals surface area (Å²) in [5.74, 6) is -1.74. The minimum atomic E-state index is -1.04. The van der Waals surface area contributed by atoms with Crippen molar-refractivity contribution in [2.75, 3.05) is 0 Å². The van der Waals surface area contributed by atoms with E-state index in [1.807, 2.05) is 0 Å². The quantitative estimate of drug-likeness (QED) is 0.769. The van der Waals surface area contributed by atoms with Crippen LogP contribution in [0.5, 0.6) is 0 Å². The van der Waals surface area contributed by atoms with E-state index in [2.05, 4.69) is 10.3 Å². The van der Waals surface area contributed by atoms with Crippen LogP contribution in [-0.2, 0) is 4.79 Å². The Balaban J connectivity index is 2.12. The normalized spacial score (nSPS) is 17.4. The molecular weight excluding hydrogens is 260 g/mol. The maximum absolute atomic E-state index is 12.0. The van der Waals surface area contributed by atoms with Gasteiger partial charge in [0.15, 0.2) is 5.43 Å². The van der Waals surface area contributed by atoms with E-state index in [4.69, 9.17) is 0 Å². The molecule has 0 saturated heterocycles. The van der Waals surface area contributed by atoms with Gasteiger partial charge in [0, 0.05) is 18.5 Å². The Kier molecular flexibility index (Phi) is 4.55. The van der Waals surface area contributed by atoms with Crippen molar-refractivity contribution in [2.24, 2.45) is 5.92 Å². The second-order valence-electron chi connectivity index (χ2n) is 5.11. The van der Waals surface area contributed by atoms with Crippen LogP contribution in [-0.4, -0.2) is 28.0 Å². The van der Waals surface area contributed by atoms with E-state index in [0.29, 0.717) is 0 Å². The van der Waals surface area contributed by atoms with Crippen molar-refractivity contribution < 1.29 is 14.7 Å². The highest BCUT2D eigenvalue weighted by Crippen LogP contribution is 2.26. The fourth-order valence-electron chi connectivity index (χ4n) is 2.66. The van der Waals surface area contributed by atoms with Crippen LogP contribution in [0, 0.1) is 5.92 Å². The van der Waals surface area contributed by atoms with E-state index in [1.165, 1.54) is 18.5 Å². The van der Waals surface area contributed by atoms with Crippen LogP contribution in [0.25, 0.3) is 0 Å². The standard InChI is InChI=1S/C14H18N2O4/c17-11-6-7-15-8-10(11)13(18)16-12(14(19)20)9-4-2-1-3-5-9/h6-9,12H,1-5H2,(H,15,17)(H,16,18)(H,19,20). The maximum atomic E-state index is 12.0. The predicted molar refractivity (Wildman–Crippen MR) is 72.5 cm³/mol. The molecule has 0 radical (unpaired) electrons. The van der Waals surface area contributed by atoms with Gasteiger partial charge < -0.3 is 15.4 Å². The Labute approximate surface area is 116 Å². The predicted octanol–water partition coefficient (Wildman–Crippen LogP) is 1.14. The monoisotopic (exact) mass is 278 g/mol. The molecule has 1 aromatic heterocycles. The molecule has 1 aliphatic rings. The van der Waals surface area contributed by atoms with Gasteiger partial charge in [-0.2, -0.15) is 0 Å². The molecule has 1 fully saturated rings. The van der Waals surface area contributed by atoms with E-state index in [9.17, 15) is 19.5 Å². The van der Waals surface area contributed by atoms with Crippen molar-refractivity contribution in [3.05, 3.63) is 34.2 Å². The largest absolute Gasteiger partial charge is 0.480 e. The molecule has 0 aromatic carbocycles. The Morgan fingerprint density at radius 2 is 2.00 bits per heavy atom. The molecule has 1 atom stereocenters. The second-order valence-corrected chi connectivity index (χ2v) is 5.11. The highest BCUT2D eigenvalue weighted by molar-refractivity contribution is 5.96. The minimum absolute atomic E-state index is 0.0606. The number of amides is 1. The number of aliphatic carboxylic acids is 1. The first-order valence-corrected chi connectivity index (χ1v) is 6.80.